The zero-order valence-corrected chi connectivity index (χ0v) is 51.2. The van der Waals surface area contributed by atoms with Gasteiger partial charge in [-0.2, -0.15) is 0 Å². The van der Waals surface area contributed by atoms with Gasteiger partial charge in [-0.3, -0.25) is 45.8 Å². The van der Waals surface area contributed by atoms with Crippen molar-refractivity contribution in [3.8, 4) is 0 Å². The molecular formula is C64H92N6O14S. The number of carbonyl (C=O) groups excluding carboxylic acids is 3. The number of non-ortho nitro benzene ring substituents is 3. The van der Waals surface area contributed by atoms with Crippen LogP contribution in [0.15, 0.2) is 77.7 Å². The van der Waals surface area contributed by atoms with Gasteiger partial charge in [0.15, 0.2) is 0 Å². The van der Waals surface area contributed by atoms with Crippen LogP contribution in [0.25, 0.3) is 0 Å². The molecule has 3 aromatic carbocycles. The number of esters is 1. The molecule has 4 aliphatic rings. The number of nitrogens with zero attached hydrogens (tertiary/aromatic N) is 3. The molecule has 3 aromatic rings. The van der Waals surface area contributed by atoms with E-state index in [4.69, 9.17) is 14.2 Å². The molecule has 85 heavy (non-hydrogen) atoms. The molecule has 4 fully saturated rings. The van der Waals surface area contributed by atoms with E-state index >= 15 is 0 Å². The van der Waals surface area contributed by atoms with Crippen LogP contribution in [0, 0.1) is 76.7 Å². The van der Waals surface area contributed by atoms with Gasteiger partial charge in [0.05, 0.1) is 26.3 Å². The number of hydrogen-bond donors (Lipinski definition) is 3. The molecule has 21 heteroatoms. The Morgan fingerprint density at radius 1 is 0.612 bits per heavy atom. The summed E-state index contributed by atoms with van der Waals surface area (Å²) in [6.07, 6.45) is 24.4. The van der Waals surface area contributed by atoms with Crippen molar-refractivity contribution in [1.29, 1.82) is 0 Å². The lowest BCUT2D eigenvalue weighted by atomic mass is 9.43. The third-order valence-corrected chi connectivity index (χ3v) is 21.4. The number of nitrogens with one attached hydrogen (secondary N) is 3. The van der Waals surface area contributed by atoms with Gasteiger partial charge in [-0.05, 0) is 129 Å². The highest BCUT2D eigenvalue weighted by atomic mass is 32.2. The molecule has 3 N–H and O–H groups in total. The normalized spacial score (nSPS) is 25.5. The van der Waals surface area contributed by atoms with Crippen molar-refractivity contribution >= 4 is 56.6 Å². The molecule has 11 atom stereocenters. The van der Waals surface area contributed by atoms with Crippen LogP contribution in [0.5, 0.6) is 0 Å². The lowest BCUT2D eigenvalue weighted by Gasteiger charge is -2.64. The highest BCUT2D eigenvalue weighted by molar-refractivity contribution is 7.89. The van der Waals surface area contributed by atoms with E-state index in [1.54, 1.807) is 0 Å². The largest absolute Gasteiger partial charge is 0.466 e. The van der Waals surface area contributed by atoms with E-state index in [0.29, 0.717) is 57.2 Å². The molecule has 0 aromatic heterocycles. The average molecular weight is 1200 g/mol. The molecule has 2 amide bonds. The van der Waals surface area contributed by atoms with Crippen LogP contribution >= 0.6 is 0 Å². The van der Waals surface area contributed by atoms with E-state index in [-0.39, 0.29) is 75.5 Å². The summed E-state index contributed by atoms with van der Waals surface area (Å²) in [5.41, 5.74) is -1.12. The fourth-order valence-electron chi connectivity index (χ4n) is 15.2. The molecule has 20 nitrogen and oxygen atoms in total. The zero-order valence-electron chi connectivity index (χ0n) is 50.4. The summed E-state index contributed by atoms with van der Waals surface area (Å²) in [4.78, 5) is 74.1. The number of amides is 2. The molecule has 0 saturated heterocycles. The van der Waals surface area contributed by atoms with E-state index < -0.39 is 66.1 Å². The van der Waals surface area contributed by atoms with Crippen LogP contribution in [-0.4, -0.2) is 66.2 Å². The number of ether oxygens (including phenoxy) is 3. The maximum atomic E-state index is 14.2. The van der Waals surface area contributed by atoms with Gasteiger partial charge in [0.2, 0.25) is 10.0 Å². The smallest absolute Gasteiger partial charge is 0.411 e. The van der Waals surface area contributed by atoms with E-state index in [0.717, 1.165) is 37.8 Å². The quantitative estimate of drug-likeness (QED) is 0.0168. The van der Waals surface area contributed by atoms with E-state index in [1.165, 1.54) is 157 Å². The third-order valence-electron chi connectivity index (χ3n) is 19.9. The molecule has 4 saturated carbocycles. The van der Waals surface area contributed by atoms with Crippen LogP contribution in [0.1, 0.15) is 201 Å². The number of fused-ring (bicyclic) bond motifs is 5. The minimum Gasteiger partial charge on any atom is -0.466 e. The number of anilines is 2. The van der Waals surface area contributed by atoms with Crippen molar-refractivity contribution in [2.75, 3.05) is 17.2 Å². The van der Waals surface area contributed by atoms with Gasteiger partial charge < -0.3 is 14.2 Å². The first kappa shape index (κ1) is 66.3. The van der Waals surface area contributed by atoms with Gasteiger partial charge in [0, 0.05) is 71.6 Å². The second-order valence-corrected chi connectivity index (χ2v) is 27.0. The molecule has 0 aliphatic heterocycles. The first-order valence-corrected chi connectivity index (χ1v) is 33.1. The summed E-state index contributed by atoms with van der Waals surface area (Å²) >= 11 is 0. The third kappa shape index (κ3) is 17.9. The summed E-state index contributed by atoms with van der Waals surface area (Å²) in [5, 5.41) is 39.8. The van der Waals surface area contributed by atoms with Crippen LogP contribution in [0.2, 0.25) is 0 Å². The molecule has 0 heterocycles. The van der Waals surface area contributed by atoms with E-state index in [2.05, 4.69) is 43.1 Å². The molecular weight excluding hydrogens is 1110 g/mol. The molecule has 7 rings (SSSR count). The number of unbranched alkanes of at least 4 members (excludes halogenated alkanes) is 17. The topological polar surface area (TPSA) is 279 Å². The maximum Gasteiger partial charge on any atom is 0.411 e. The van der Waals surface area contributed by atoms with Crippen molar-refractivity contribution < 1.29 is 51.8 Å². The average Bonchev–Trinajstić information content (AvgIpc) is 1.70. The lowest BCUT2D eigenvalue weighted by Crippen LogP contribution is -2.64. The van der Waals surface area contributed by atoms with E-state index in [1.807, 2.05) is 0 Å². The van der Waals surface area contributed by atoms with Gasteiger partial charge in [-0.1, -0.05) is 137 Å². The van der Waals surface area contributed by atoms with E-state index in [9.17, 15) is 53.1 Å². The predicted octanol–water partition coefficient (Wildman–Crippen LogP) is 16.2. The van der Waals surface area contributed by atoms with Crippen molar-refractivity contribution in [2.45, 2.75) is 224 Å². The SMILES string of the molecule is CCCCCCCCCCCCCCCCCCCCOC(=O)CC[C@@H](C)[C@H]1CC[C@H]2[C@@H]3[C@H](OC(=O)Nc4ccc([N+](=O)[O-])cc4)C[C@@H]4C[C@H](NS(=O)(=O)c5ccc([N+](=O)[O-])cc5)CC[C@]4(C)[C@H]3C[C@H](OC(=O)Nc3ccc([N+](=O)[O-])cc3)[C@]12C. The highest BCUT2D eigenvalue weighted by Gasteiger charge is 2.68. The van der Waals surface area contributed by atoms with Gasteiger partial charge >= 0.3 is 18.2 Å². The highest BCUT2D eigenvalue weighted by Crippen LogP contribution is 2.69. The minimum absolute atomic E-state index is 0.0241. The number of benzene rings is 3. The fourth-order valence-corrected chi connectivity index (χ4v) is 16.5. The summed E-state index contributed by atoms with van der Waals surface area (Å²) in [5.74, 6) is -1.17. The first-order valence-electron chi connectivity index (χ1n) is 31.6. The Hall–Kier alpha value is -6.22. The van der Waals surface area contributed by atoms with Crippen molar-refractivity contribution in [3.05, 3.63) is 103 Å². The minimum atomic E-state index is -4.11. The number of sulfonamides is 1. The molecule has 0 spiro atoms. The molecule has 468 valence electrons. The predicted molar refractivity (Wildman–Crippen MR) is 325 cm³/mol. The molecule has 4 aliphatic carbocycles. The number of rotatable bonds is 33. The maximum absolute atomic E-state index is 14.2. The molecule has 0 unspecified atom stereocenters. The van der Waals surface area contributed by atoms with Crippen LogP contribution in [0.3, 0.4) is 0 Å². The second kappa shape index (κ2) is 31.4. The summed E-state index contributed by atoms with van der Waals surface area (Å²) < 4.78 is 49.4. The van der Waals surface area contributed by atoms with Crippen molar-refractivity contribution in [3.63, 3.8) is 0 Å². The monoisotopic (exact) mass is 1200 g/mol. The number of nitro benzene ring substituents is 3. The van der Waals surface area contributed by atoms with Crippen LogP contribution in [-0.2, 0) is 29.0 Å². The molecule has 0 bridgehead atoms. The number of hydrogen-bond acceptors (Lipinski definition) is 14. The summed E-state index contributed by atoms with van der Waals surface area (Å²) in [6, 6.07) is 15.0. The van der Waals surface area contributed by atoms with Gasteiger partial charge in [0.1, 0.15) is 12.2 Å². The van der Waals surface area contributed by atoms with Gasteiger partial charge in [-0.25, -0.2) is 22.7 Å². The lowest BCUT2D eigenvalue weighted by molar-refractivity contribution is -0.385. The zero-order chi connectivity index (χ0) is 61.2. The van der Waals surface area contributed by atoms with Crippen LogP contribution < -0.4 is 15.4 Å². The second-order valence-electron chi connectivity index (χ2n) is 25.3. The summed E-state index contributed by atoms with van der Waals surface area (Å²) in [6.45, 7) is 9.12. The molecule has 0 radical (unpaired) electrons. The Labute approximate surface area is 502 Å². The first-order chi connectivity index (χ1) is 40.7. The Balaban J connectivity index is 1.01. The Kier molecular flexibility index (Phi) is 24.5. The standard InChI is InChI=1S/C64H92N6O14S/c1-5-6-7-8-9-10-11-12-13-14-15-16-17-18-19-20-21-22-41-82-59(71)38-23-45(2)54-36-37-55-60-56(44-58(64(54,55)4)84-62(73)66-48-26-30-51(31-27-48)69(76)77)63(3)40-39-49(67-85(80,81)53-34-32-52(33-35-53)70(78)79)42-46(63)43-57(60)83-61(72)65-47-24-28-50(29-25-47)68(74)75/h24-35,45-46,49,54-58,60,67H,5-23,36-44H2,1-4H3,(H,65,72)(H,66,73)/t45-,46+,49-,54-,55+,56+,57-,58+,60+,63+,64-/m1/s1. The fraction of sp³-hybridized carbons (Fsp3) is 0.672. The summed E-state index contributed by atoms with van der Waals surface area (Å²) in [7, 11) is -4.11. The number of carbonyl (C=O) groups is 3. The number of nitro groups is 3. The van der Waals surface area contributed by atoms with Crippen molar-refractivity contribution in [1.82, 2.24) is 4.72 Å². The van der Waals surface area contributed by atoms with Gasteiger partial charge in [-0.15, -0.1) is 0 Å². The Morgan fingerprint density at radius 2 is 1.08 bits per heavy atom. The van der Waals surface area contributed by atoms with Gasteiger partial charge in [0.25, 0.3) is 17.1 Å². The Morgan fingerprint density at radius 3 is 1.58 bits per heavy atom. The Bertz CT molecular complexity index is 2800. The van der Waals surface area contributed by atoms with Crippen molar-refractivity contribution in [2.24, 2.45) is 46.3 Å². The van der Waals surface area contributed by atoms with Crippen LogP contribution in [0.4, 0.5) is 38.0 Å².